The maximum absolute atomic E-state index is 10.8. The normalized spacial score (nSPS) is 14.2. The number of hydrogen-bond donors (Lipinski definition) is 1. The van der Waals surface area contributed by atoms with E-state index in [1.807, 2.05) is 18.3 Å². The highest BCUT2D eigenvalue weighted by Gasteiger charge is 2.15. The summed E-state index contributed by atoms with van der Waals surface area (Å²) in [5.41, 5.74) is 2.43. The third-order valence-electron chi connectivity index (χ3n) is 3.40. The molecule has 4 heteroatoms. The Balaban J connectivity index is 1.99. The number of hydrogen-bond acceptors (Lipinski definition) is 2. The van der Waals surface area contributed by atoms with Gasteiger partial charge in [0.2, 0.25) is 0 Å². The number of rotatable bonds is 2. The van der Waals surface area contributed by atoms with E-state index in [1.165, 1.54) is 12.8 Å². The maximum Gasteiger partial charge on any atom is 0.335 e. The summed E-state index contributed by atoms with van der Waals surface area (Å²) >= 11 is 0. The fourth-order valence-electron chi connectivity index (χ4n) is 2.43. The number of aryl methyl sites for hydroxylation is 1. The number of aromatic carboxylic acids is 1. The number of fused-ring (bicyclic) bond motifs is 1. The lowest BCUT2D eigenvalue weighted by molar-refractivity contribution is 0.0697. The molecule has 0 bridgehead atoms. The van der Waals surface area contributed by atoms with Crippen molar-refractivity contribution in [2.75, 3.05) is 0 Å². The fraction of sp³-hybridized carbons (Fsp3) is 0.286. The Morgan fingerprint density at radius 3 is 2.72 bits per heavy atom. The van der Waals surface area contributed by atoms with Crippen molar-refractivity contribution in [2.45, 2.75) is 25.8 Å². The smallest absolute Gasteiger partial charge is 0.335 e. The van der Waals surface area contributed by atoms with Crippen LogP contribution in [0, 0.1) is 0 Å². The Morgan fingerprint density at radius 1 is 1.22 bits per heavy atom. The highest BCUT2D eigenvalue weighted by molar-refractivity contribution is 5.88. The molecule has 18 heavy (non-hydrogen) atoms. The van der Waals surface area contributed by atoms with Gasteiger partial charge in [0.1, 0.15) is 5.82 Å². The highest BCUT2D eigenvalue weighted by Crippen LogP contribution is 2.25. The molecule has 0 radical (unpaired) electrons. The van der Waals surface area contributed by atoms with Gasteiger partial charge in [-0.1, -0.05) is 12.1 Å². The molecule has 0 atom stereocenters. The van der Waals surface area contributed by atoms with Crippen molar-refractivity contribution in [3.8, 4) is 11.3 Å². The monoisotopic (exact) mass is 242 g/mol. The fourth-order valence-corrected chi connectivity index (χ4v) is 2.43. The van der Waals surface area contributed by atoms with Gasteiger partial charge in [-0.3, -0.25) is 0 Å². The zero-order chi connectivity index (χ0) is 12.5. The molecule has 1 aromatic carbocycles. The molecule has 0 amide bonds. The zero-order valence-corrected chi connectivity index (χ0v) is 9.97. The van der Waals surface area contributed by atoms with Crippen molar-refractivity contribution in [1.82, 2.24) is 9.55 Å². The Bertz CT molecular complexity index is 584. The summed E-state index contributed by atoms with van der Waals surface area (Å²) in [6.45, 7) is 1.01. The van der Waals surface area contributed by atoms with Crippen LogP contribution in [-0.2, 0) is 13.0 Å². The number of benzene rings is 1. The molecule has 2 aromatic rings. The molecule has 4 nitrogen and oxygen atoms in total. The first-order chi connectivity index (χ1) is 8.75. The van der Waals surface area contributed by atoms with E-state index in [2.05, 4.69) is 9.55 Å². The lowest BCUT2D eigenvalue weighted by Gasteiger charge is -2.16. The van der Waals surface area contributed by atoms with Crippen LogP contribution in [0.4, 0.5) is 0 Å². The molecule has 1 aliphatic heterocycles. The first-order valence-corrected chi connectivity index (χ1v) is 6.14. The van der Waals surface area contributed by atoms with Crippen LogP contribution < -0.4 is 0 Å². The standard InChI is InChI=1S/C14H14N2O2/c17-14(18)11-6-4-10(5-7-11)12-9-15-13-3-1-2-8-16(12)13/h4-7,9H,1-3,8H2,(H,17,18). The molecule has 2 heterocycles. The minimum Gasteiger partial charge on any atom is -0.478 e. The van der Waals surface area contributed by atoms with Crippen LogP contribution in [0.1, 0.15) is 29.0 Å². The summed E-state index contributed by atoms with van der Waals surface area (Å²) < 4.78 is 2.24. The largest absolute Gasteiger partial charge is 0.478 e. The molecular formula is C14H14N2O2. The second-order valence-electron chi connectivity index (χ2n) is 4.55. The number of carbonyl (C=O) groups is 1. The number of nitrogens with zero attached hydrogens (tertiary/aromatic N) is 2. The molecule has 0 saturated carbocycles. The molecule has 1 N–H and O–H groups in total. The van der Waals surface area contributed by atoms with Gasteiger partial charge in [-0.25, -0.2) is 9.78 Å². The van der Waals surface area contributed by atoms with E-state index in [4.69, 9.17) is 5.11 Å². The predicted octanol–water partition coefficient (Wildman–Crippen LogP) is 2.58. The molecule has 0 fully saturated rings. The molecular weight excluding hydrogens is 228 g/mol. The lowest BCUT2D eigenvalue weighted by Crippen LogP contribution is -2.11. The predicted molar refractivity (Wildman–Crippen MR) is 67.6 cm³/mol. The van der Waals surface area contributed by atoms with Gasteiger partial charge in [0.25, 0.3) is 0 Å². The van der Waals surface area contributed by atoms with E-state index in [1.54, 1.807) is 12.1 Å². The van der Waals surface area contributed by atoms with Crippen molar-refractivity contribution in [2.24, 2.45) is 0 Å². The van der Waals surface area contributed by atoms with E-state index < -0.39 is 5.97 Å². The highest BCUT2D eigenvalue weighted by atomic mass is 16.4. The second-order valence-corrected chi connectivity index (χ2v) is 4.55. The van der Waals surface area contributed by atoms with Gasteiger partial charge in [0, 0.05) is 13.0 Å². The molecule has 1 aromatic heterocycles. The summed E-state index contributed by atoms with van der Waals surface area (Å²) in [7, 11) is 0. The Kier molecular flexibility index (Phi) is 2.63. The SMILES string of the molecule is O=C(O)c1ccc(-c2cnc3n2CCCC3)cc1. The van der Waals surface area contributed by atoms with Gasteiger partial charge in [-0.15, -0.1) is 0 Å². The third-order valence-corrected chi connectivity index (χ3v) is 3.40. The summed E-state index contributed by atoms with van der Waals surface area (Å²) in [6, 6.07) is 6.98. The van der Waals surface area contributed by atoms with Crippen molar-refractivity contribution in [3.05, 3.63) is 41.9 Å². The van der Waals surface area contributed by atoms with E-state index >= 15 is 0 Å². The average Bonchev–Trinajstić information content (AvgIpc) is 2.82. The van der Waals surface area contributed by atoms with Crippen molar-refractivity contribution < 1.29 is 9.90 Å². The Labute approximate surface area is 105 Å². The summed E-state index contributed by atoms with van der Waals surface area (Å²) in [4.78, 5) is 15.3. The van der Waals surface area contributed by atoms with Gasteiger partial charge in [0.15, 0.2) is 0 Å². The Hall–Kier alpha value is -2.10. The quantitative estimate of drug-likeness (QED) is 0.880. The molecule has 0 unspecified atom stereocenters. The first kappa shape index (κ1) is 11.0. The molecule has 3 rings (SSSR count). The van der Waals surface area contributed by atoms with E-state index in [0.717, 1.165) is 30.0 Å². The van der Waals surface area contributed by atoms with Crippen LogP contribution >= 0.6 is 0 Å². The summed E-state index contributed by atoms with van der Waals surface area (Å²) in [5, 5.41) is 8.88. The minimum atomic E-state index is -0.892. The summed E-state index contributed by atoms with van der Waals surface area (Å²) in [6.07, 6.45) is 5.31. The molecule has 92 valence electrons. The van der Waals surface area contributed by atoms with Crippen molar-refractivity contribution in [1.29, 1.82) is 0 Å². The van der Waals surface area contributed by atoms with Gasteiger partial charge in [0.05, 0.1) is 17.5 Å². The van der Waals surface area contributed by atoms with Crippen LogP contribution in [0.5, 0.6) is 0 Å². The van der Waals surface area contributed by atoms with Gasteiger partial charge < -0.3 is 9.67 Å². The van der Waals surface area contributed by atoms with Gasteiger partial charge in [-0.05, 0) is 30.5 Å². The number of carboxylic acids is 1. The molecule has 1 aliphatic rings. The van der Waals surface area contributed by atoms with Crippen LogP contribution in [0.25, 0.3) is 11.3 Å². The van der Waals surface area contributed by atoms with Crippen molar-refractivity contribution >= 4 is 5.97 Å². The average molecular weight is 242 g/mol. The lowest BCUT2D eigenvalue weighted by atomic mass is 10.1. The molecule has 0 aliphatic carbocycles. The summed E-state index contributed by atoms with van der Waals surface area (Å²) in [5.74, 6) is 0.246. The van der Waals surface area contributed by atoms with E-state index in [0.29, 0.717) is 5.56 Å². The van der Waals surface area contributed by atoms with Crippen LogP contribution in [-0.4, -0.2) is 20.6 Å². The third kappa shape index (κ3) is 1.79. The zero-order valence-electron chi connectivity index (χ0n) is 9.97. The van der Waals surface area contributed by atoms with Gasteiger partial charge >= 0.3 is 5.97 Å². The number of carboxylic acid groups (broad SMARTS) is 1. The topological polar surface area (TPSA) is 55.1 Å². The maximum atomic E-state index is 10.8. The van der Waals surface area contributed by atoms with E-state index in [9.17, 15) is 4.79 Å². The Morgan fingerprint density at radius 2 is 2.00 bits per heavy atom. The molecule has 0 saturated heterocycles. The number of imidazole rings is 1. The second kappa shape index (κ2) is 4.29. The van der Waals surface area contributed by atoms with Crippen LogP contribution in [0.15, 0.2) is 30.5 Å². The van der Waals surface area contributed by atoms with Gasteiger partial charge in [-0.2, -0.15) is 0 Å². The van der Waals surface area contributed by atoms with Crippen LogP contribution in [0.2, 0.25) is 0 Å². The minimum absolute atomic E-state index is 0.317. The molecule has 0 spiro atoms. The van der Waals surface area contributed by atoms with Crippen LogP contribution in [0.3, 0.4) is 0 Å². The van der Waals surface area contributed by atoms with Crippen molar-refractivity contribution in [3.63, 3.8) is 0 Å². The number of aromatic nitrogens is 2. The first-order valence-electron chi connectivity index (χ1n) is 6.14. The van der Waals surface area contributed by atoms with E-state index in [-0.39, 0.29) is 0 Å².